The maximum absolute atomic E-state index is 9.45. The molecule has 1 atom stereocenters. The molecule has 0 aromatic rings. The average molecular weight is 373 g/mol. The molecule has 0 N–H and O–H groups in total. The number of hydrogen-bond acceptors (Lipinski definition) is 7. The standard InChI is InChI=1S/C20H32N6O/c1-18-4-2-5-24(18)6-3-7-25-10-11-26(20(25)19(16-21)17-22)9-8-23-12-14-27-15-13-23/h18H,2-15H2,1H3. The minimum atomic E-state index is 0.254. The van der Waals surface area contributed by atoms with Crippen LogP contribution in [0.2, 0.25) is 0 Å². The summed E-state index contributed by atoms with van der Waals surface area (Å²) in [6.45, 7) is 12.7. The van der Waals surface area contributed by atoms with Gasteiger partial charge in [0.1, 0.15) is 18.0 Å². The van der Waals surface area contributed by atoms with Crippen LogP contribution in [-0.4, -0.2) is 97.8 Å². The summed E-state index contributed by atoms with van der Waals surface area (Å²) < 4.78 is 5.41. The van der Waals surface area contributed by atoms with E-state index in [9.17, 15) is 10.5 Å². The van der Waals surface area contributed by atoms with Crippen LogP contribution in [0.15, 0.2) is 11.4 Å². The van der Waals surface area contributed by atoms with Crippen LogP contribution in [0.4, 0.5) is 0 Å². The molecule has 3 aliphatic rings. The fourth-order valence-electron chi connectivity index (χ4n) is 4.41. The lowest BCUT2D eigenvalue weighted by Gasteiger charge is -2.30. The molecule has 0 radical (unpaired) electrons. The van der Waals surface area contributed by atoms with Gasteiger partial charge < -0.3 is 19.4 Å². The Hall–Kier alpha value is -1.80. The third kappa shape index (κ3) is 5.13. The molecule has 3 heterocycles. The van der Waals surface area contributed by atoms with E-state index in [1.54, 1.807) is 0 Å². The van der Waals surface area contributed by atoms with Crippen LogP contribution in [0.5, 0.6) is 0 Å². The van der Waals surface area contributed by atoms with Crippen LogP contribution >= 0.6 is 0 Å². The Labute approximate surface area is 163 Å². The zero-order valence-corrected chi connectivity index (χ0v) is 16.6. The lowest BCUT2D eigenvalue weighted by atomic mass is 10.2. The van der Waals surface area contributed by atoms with Gasteiger partial charge in [-0.15, -0.1) is 0 Å². The lowest BCUT2D eigenvalue weighted by molar-refractivity contribution is 0.0351. The molecule has 0 aromatic carbocycles. The molecule has 0 aliphatic carbocycles. The van der Waals surface area contributed by atoms with Gasteiger partial charge in [0, 0.05) is 58.4 Å². The number of allylic oxidation sites excluding steroid dienone is 1. The molecule has 0 bridgehead atoms. The van der Waals surface area contributed by atoms with Crippen molar-refractivity contribution in [3.8, 4) is 12.1 Å². The first kappa shape index (κ1) is 19.9. The first-order chi connectivity index (χ1) is 13.2. The van der Waals surface area contributed by atoms with Crippen molar-refractivity contribution in [2.75, 3.05) is 72.1 Å². The van der Waals surface area contributed by atoms with Gasteiger partial charge in [-0.25, -0.2) is 0 Å². The normalized spacial score (nSPS) is 24.3. The van der Waals surface area contributed by atoms with E-state index in [-0.39, 0.29) is 5.57 Å². The Morgan fingerprint density at radius 3 is 2.30 bits per heavy atom. The molecule has 0 spiro atoms. The molecule has 7 nitrogen and oxygen atoms in total. The van der Waals surface area contributed by atoms with Gasteiger partial charge in [-0.2, -0.15) is 10.5 Å². The van der Waals surface area contributed by atoms with Gasteiger partial charge in [-0.05, 0) is 32.7 Å². The lowest BCUT2D eigenvalue weighted by Crippen LogP contribution is -2.41. The first-order valence-electron chi connectivity index (χ1n) is 10.3. The summed E-state index contributed by atoms with van der Waals surface area (Å²) in [6.07, 6.45) is 3.69. The number of nitriles is 2. The van der Waals surface area contributed by atoms with Crippen LogP contribution < -0.4 is 0 Å². The van der Waals surface area contributed by atoms with Crippen LogP contribution in [0.3, 0.4) is 0 Å². The average Bonchev–Trinajstić information content (AvgIpc) is 3.29. The fraction of sp³-hybridized carbons (Fsp3) is 0.800. The second-order valence-electron chi connectivity index (χ2n) is 7.73. The number of morpholine rings is 1. The van der Waals surface area contributed by atoms with E-state index in [2.05, 4.69) is 38.7 Å². The third-order valence-corrected chi connectivity index (χ3v) is 6.04. The highest BCUT2D eigenvalue weighted by atomic mass is 16.5. The van der Waals surface area contributed by atoms with Crippen molar-refractivity contribution in [1.82, 2.24) is 19.6 Å². The van der Waals surface area contributed by atoms with Gasteiger partial charge in [0.15, 0.2) is 5.57 Å². The van der Waals surface area contributed by atoms with Crippen molar-refractivity contribution in [3.05, 3.63) is 11.4 Å². The molecule has 3 rings (SSSR count). The summed E-state index contributed by atoms with van der Waals surface area (Å²) in [4.78, 5) is 9.44. The van der Waals surface area contributed by atoms with E-state index in [4.69, 9.17) is 4.74 Å². The molecular weight excluding hydrogens is 340 g/mol. The van der Waals surface area contributed by atoms with Crippen molar-refractivity contribution >= 4 is 0 Å². The third-order valence-electron chi connectivity index (χ3n) is 6.04. The fourth-order valence-corrected chi connectivity index (χ4v) is 4.41. The zero-order chi connectivity index (χ0) is 19.1. The summed E-state index contributed by atoms with van der Waals surface area (Å²) >= 11 is 0. The van der Waals surface area contributed by atoms with Crippen molar-refractivity contribution in [2.45, 2.75) is 32.2 Å². The Balaban J connectivity index is 1.56. The van der Waals surface area contributed by atoms with Gasteiger partial charge in [0.25, 0.3) is 0 Å². The van der Waals surface area contributed by atoms with E-state index in [0.29, 0.717) is 6.04 Å². The van der Waals surface area contributed by atoms with Gasteiger partial charge in [-0.3, -0.25) is 4.90 Å². The maximum Gasteiger partial charge on any atom is 0.169 e. The van der Waals surface area contributed by atoms with Gasteiger partial charge in [0.2, 0.25) is 0 Å². The topological polar surface area (TPSA) is 69.8 Å². The molecule has 3 saturated heterocycles. The predicted octanol–water partition coefficient (Wildman–Crippen LogP) is 1.07. The van der Waals surface area contributed by atoms with Gasteiger partial charge >= 0.3 is 0 Å². The molecule has 3 fully saturated rings. The van der Waals surface area contributed by atoms with Crippen LogP contribution in [-0.2, 0) is 4.74 Å². The molecule has 7 heteroatoms. The quantitative estimate of drug-likeness (QED) is 0.619. The number of likely N-dealkylation sites (tertiary alicyclic amines) is 1. The molecule has 0 amide bonds. The van der Waals surface area contributed by atoms with Gasteiger partial charge in [-0.1, -0.05) is 0 Å². The van der Waals surface area contributed by atoms with E-state index in [1.807, 2.05) is 0 Å². The SMILES string of the molecule is CC1CCCN1CCCN1CCN(CCN2CCOCC2)C1=C(C#N)C#N. The minimum Gasteiger partial charge on any atom is -0.379 e. The van der Waals surface area contributed by atoms with E-state index >= 15 is 0 Å². The molecule has 0 saturated carbocycles. The summed E-state index contributed by atoms with van der Waals surface area (Å²) in [5.74, 6) is 0.850. The minimum absolute atomic E-state index is 0.254. The maximum atomic E-state index is 9.45. The van der Waals surface area contributed by atoms with Crippen molar-refractivity contribution < 1.29 is 4.74 Å². The Morgan fingerprint density at radius 1 is 0.963 bits per heavy atom. The number of ether oxygens (including phenoxy) is 1. The van der Waals surface area contributed by atoms with Crippen LogP contribution in [0, 0.1) is 22.7 Å². The van der Waals surface area contributed by atoms with Crippen molar-refractivity contribution in [3.63, 3.8) is 0 Å². The molecule has 148 valence electrons. The number of rotatable bonds is 7. The highest BCUT2D eigenvalue weighted by Crippen LogP contribution is 2.23. The van der Waals surface area contributed by atoms with E-state index in [1.165, 1.54) is 19.4 Å². The predicted molar refractivity (Wildman–Crippen MR) is 104 cm³/mol. The summed E-state index contributed by atoms with van der Waals surface area (Å²) in [6, 6.07) is 4.93. The van der Waals surface area contributed by atoms with E-state index < -0.39 is 0 Å². The van der Waals surface area contributed by atoms with E-state index in [0.717, 1.165) is 77.8 Å². The molecule has 1 unspecified atom stereocenters. The second-order valence-corrected chi connectivity index (χ2v) is 7.73. The van der Waals surface area contributed by atoms with Crippen molar-refractivity contribution in [1.29, 1.82) is 10.5 Å². The number of hydrogen-bond donors (Lipinski definition) is 0. The second kappa shape index (κ2) is 9.94. The Kier molecular flexibility index (Phi) is 7.34. The summed E-state index contributed by atoms with van der Waals surface area (Å²) in [5, 5.41) is 18.9. The Bertz CT molecular complexity index is 585. The monoisotopic (exact) mass is 372 g/mol. The van der Waals surface area contributed by atoms with Crippen LogP contribution in [0.1, 0.15) is 26.2 Å². The van der Waals surface area contributed by atoms with Crippen molar-refractivity contribution in [2.24, 2.45) is 0 Å². The highest BCUT2D eigenvalue weighted by Gasteiger charge is 2.29. The summed E-state index contributed by atoms with van der Waals surface area (Å²) in [5.41, 5.74) is 0.254. The highest BCUT2D eigenvalue weighted by molar-refractivity contribution is 5.40. The number of nitrogens with zero attached hydrogens (tertiary/aromatic N) is 6. The molecule has 27 heavy (non-hydrogen) atoms. The zero-order valence-electron chi connectivity index (χ0n) is 16.6. The van der Waals surface area contributed by atoms with Crippen LogP contribution in [0.25, 0.3) is 0 Å². The molecule has 3 aliphatic heterocycles. The smallest absolute Gasteiger partial charge is 0.169 e. The van der Waals surface area contributed by atoms with Gasteiger partial charge in [0.05, 0.1) is 13.2 Å². The molecular formula is C20H32N6O. The first-order valence-corrected chi connectivity index (χ1v) is 10.3. The largest absolute Gasteiger partial charge is 0.379 e. The molecule has 0 aromatic heterocycles. The Morgan fingerprint density at radius 2 is 1.67 bits per heavy atom. The summed E-state index contributed by atoms with van der Waals surface area (Å²) in [7, 11) is 0.